The molecule has 0 amide bonds. The van der Waals surface area contributed by atoms with Gasteiger partial charge < -0.3 is 19.1 Å². The third-order valence-electron chi connectivity index (χ3n) is 5.38. The molecule has 0 aliphatic rings. The quantitative estimate of drug-likeness (QED) is 0.0882. The highest BCUT2D eigenvalue weighted by Gasteiger charge is 2.35. The van der Waals surface area contributed by atoms with Crippen LogP contribution in [0.5, 0.6) is 11.5 Å². The molecule has 210 valence electrons. The number of rotatable bonds is 17. The second kappa shape index (κ2) is 17.2. The first-order valence-electron chi connectivity index (χ1n) is 12.8. The van der Waals surface area contributed by atoms with Gasteiger partial charge in [-0.15, -0.1) is 0 Å². The third-order valence-corrected chi connectivity index (χ3v) is 5.38. The van der Waals surface area contributed by atoms with E-state index < -0.39 is 17.7 Å². The summed E-state index contributed by atoms with van der Waals surface area (Å²) in [5.41, 5.74) is 0.426. The van der Waals surface area contributed by atoms with Crippen LogP contribution in [0.3, 0.4) is 0 Å². The Balaban J connectivity index is 3.02. The fourth-order valence-electron chi connectivity index (χ4n) is 3.51. The molecule has 0 atom stereocenters. The monoisotopic (exact) mass is 535 g/mol. The summed E-state index contributed by atoms with van der Waals surface area (Å²) in [6.45, 7) is 14.4. The topological polar surface area (TPSA) is 48.0 Å². The Hall–Kier alpha value is -3.42. The summed E-state index contributed by atoms with van der Waals surface area (Å²) in [6, 6.07) is 2.94. The van der Waals surface area contributed by atoms with Crippen LogP contribution < -0.4 is 9.47 Å². The van der Waals surface area contributed by atoms with Gasteiger partial charge in [-0.05, 0) is 50.8 Å². The van der Waals surface area contributed by atoms with E-state index in [9.17, 15) is 18.0 Å². The van der Waals surface area contributed by atoms with E-state index in [2.05, 4.69) is 17.9 Å². The predicted octanol–water partition coefficient (Wildman–Crippen LogP) is 7.80. The molecule has 0 N–H and O–H groups in total. The minimum atomic E-state index is -4.56. The highest BCUT2D eigenvalue weighted by molar-refractivity contribution is 5.81. The second-order valence-electron chi connectivity index (χ2n) is 8.43. The summed E-state index contributed by atoms with van der Waals surface area (Å²) in [5, 5.41) is 0. The standard InChI is InChI=1S/C30H40F3NO4/c1-7-14-23(4)34(19-12-10-11-16-28(35)36-6)20-13-22-37-27-18-17-25(24(5)30(31,32)33)29(38-21-9-3)26(27)15-8-2/h7,11-12,14,16-19H,4-5,8-10,13,15,20-22H2,1-3,6H3/b14-7-,16-11+,19-12-. The molecule has 0 bridgehead atoms. The van der Waals surface area contributed by atoms with Crippen molar-refractivity contribution < 1.29 is 32.2 Å². The van der Waals surface area contributed by atoms with Gasteiger partial charge in [-0.2, -0.15) is 13.2 Å². The minimum absolute atomic E-state index is 0.0537. The number of alkyl halides is 3. The van der Waals surface area contributed by atoms with Gasteiger partial charge in [-0.3, -0.25) is 0 Å². The number of carbonyl (C=O) groups is 1. The summed E-state index contributed by atoms with van der Waals surface area (Å²) in [7, 11) is 1.32. The smallest absolute Gasteiger partial charge is 0.416 e. The molecule has 8 heteroatoms. The van der Waals surface area contributed by atoms with E-state index >= 15 is 0 Å². The zero-order chi connectivity index (χ0) is 28.6. The molecule has 0 spiro atoms. The van der Waals surface area contributed by atoms with Crippen molar-refractivity contribution in [2.75, 3.05) is 26.9 Å². The molecule has 0 unspecified atom stereocenters. The first-order valence-corrected chi connectivity index (χ1v) is 12.8. The van der Waals surface area contributed by atoms with E-state index in [1.807, 2.05) is 50.1 Å². The van der Waals surface area contributed by atoms with Crippen LogP contribution in [-0.2, 0) is 16.0 Å². The normalized spacial score (nSPS) is 11.9. The number of hydrogen-bond donors (Lipinski definition) is 0. The van der Waals surface area contributed by atoms with Crippen LogP contribution >= 0.6 is 0 Å². The summed E-state index contributed by atoms with van der Waals surface area (Å²) < 4.78 is 56.8. The molecule has 0 radical (unpaired) electrons. The lowest BCUT2D eigenvalue weighted by Crippen LogP contribution is -2.18. The lowest BCUT2D eigenvalue weighted by Gasteiger charge is -2.23. The fourth-order valence-corrected chi connectivity index (χ4v) is 3.51. The molecule has 5 nitrogen and oxygen atoms in total. The Morgan fingerprint density at radius 3 is 2.39 bits per heavy atom. The predicted molar refractivity (Wildman–Crippen MR) is 147 cm³/mol. The van der Waals surface area contributed by atoms with Crippen molar-refractivity contribution in [2.45, 2.75) is 59.1 Å². The zero-order valence-corrected chi connectivity index (χ0v) is 22.9. The van der Waals surface area contributed by atoms with Gasteiger partial charge >= 0.3 is 12.1 Å². The van der Waals surface area contributed by atoms with Crippen LogP contribution in [0.4, 0.5) is 13.2 Å². The van der Waals surface area contributed by atoms with Crippen LogP contribution in [0, 0.1) is 0 Å². The van der Waals surface area contributed by atoms with Gasteiger partial charge in [0.2, 0.25) is 0 Å². The number of ether oxygens (including phenoxy) is 3. The van der Waals surface area contributed by atoms with E-state index in [0.29, 0.717) is 63.2 Å². The SMILES string of the molecule is C=C(/C=C\C)N(/C=C\C/C=C/C(=O)OC)CCCOc1ccc(C(=C)C(F)(F)F)c(OCCC)c1CCC. The Labute approximate surface area is 225 Å². The van der Waals surface area contributed by atoms with Crippen LogP contribution in [0.1, 0.15) is 57.6 Å². The largest absolute Gasteiger partial charge is 0.493 e. The van der Waals surface area contributed by atoms with Crippen molar-refractivity contribution >= 4 is 11.5 Å². The van der Waals surface area contributed by atoms with Crippen molar-refractivity contribution in [3.05, 3.63) is 78.7 Å². The number of hydrogen-bond acceptors (Lipinski definition) is 5. The molecule has 0 aliphatic carbocycles. The number of allylic oxidation sites excluding steroid dienone is 5. The molecular weight excluding hydrogens is 495 g/mol. The summed E-state index contributed by atoms with van der Waals surface area (Å²) in [6.07, 6.45) is 9.14. The maximum atomic E-state index is 13.4. The lowest BCUT2D eigenvalue weighted by atomic mass is 9.98. The Kier molecular flexibility index (Phi) is 14.7. The summed E-state index contributed by atoms with van der Waals surface area (Å²) in [4.78, 5) is 13.2. The molecule has 0 fully saturated rings. The van der Waals surface area contributed by atoms with Gasteiger partial charge in [0, 0.05) is 35.6 Å². The molecule has 0 aliphatic heterocycles. The Morgan fingerprint density at radius 2 is 1.79 bits per heavy atom. The maximum absolute atomic E-state index is 13.4. The molecule has 1 rings (SSSR count). The van der Waals surface area contributed by atoms with E-state index in [1.54, 1.807) is 12.1 Å². The number of esters is 1. The maximum Gasteiger partial charge on any atom is 0.416 e. The molecule has 1 aromatic carbocycles. The lowest BCUT2D eigenvalue weighted by molar-refractivity contribution is -0.134. The van der Waals surface area contributed by atoms with Crippen molar-refractivity contribution in [1.82, 2.24) is 4.90 Å². The average molecular weight is 536 g/mol. The first kappa shape index (κ1) is 32.6. The van der Waals surface area contributed by atoms with Gasteiger partial charge in [0.15, 0.2) is 0 Å². The molecule has 1 aromatic rings. The van der Waals surface area contributed by atoms with Crippen molar-refractivity contribution in [1.29, 1.82) is 0 Å². The van der Waals surface area contributed by atoms with Gasteiger partial charge in [0.25, 0.3) is 0 Å². The fraction of sp³-hybridized carbons (Fsp3) is 0.433. The highest BCUT2D eigenvalue weighted by Crippen LogP contribution is 2.42. The van der Waals surface area contributed by atoms with Gasteiger partial charge in [0.05, 0.1) is 25.9 Å². The number of methoxy groups -OCH3 is 1. The van der Waals surface area contributed by atoms with E-state index in [0.717, 1.165) is 5.70 Å². The molecule has 0 aromatic heterocycles. The Morgan fingerprint density at radius 1 is 1.05 bits per heavy atom. The van der Waals surface area contributed by atoms with Gasteiger partial charge in [-0.25, -0.2) is 4.79 Å². The van der Waals surface area contributed by atoms with Crippen LogP contribution in [0.25, 0.3) is 5.57 Å². The second-order valence-corrected chi connectivity index (χ2v) is 8.43. The number of carbonyl (C=O) groups excluding carboxylic acids is 1. The molecule has 0 heterocycles. The average Bonchev–Trinajstić information content (AvgIpc) is 2.88. The molecular formula is C30H40F3NO4. The van der Waals surface area contributed by atoms with Gasteiger partial charge in [0.1, 0.15) is 11.5 Å². The van der Waals surface area contributed by atoms with Crippen LogP contribution in [0.2, 0.25) is 0 Å². The summed E-state index contributed by atoms with van der Waals surface area (Å²) >= 11 is 0. The van der Waals surface area contributed by atoms with E-state index in [1.165, 1.54) is 19.3 Å². The van der Waals surface area contributed by atoms with Crippen LogP contribution in [-0.4, -0.2) is 43.9 Å². The molecule has 38 heavy (non-hydrogen) atoms. The first-order chi connectivity index (χ1) is 18.1. The van der Waals surface area contributed by atoms with Crippen molar-refractivity contribution in [2.24, 2.45) is 0 Å². The minimum Gasteiger partial charge on any atom is -0.493 e. The van der Waals surface area contributed by atoms with Crippen molar-refractivity contribution in [3.8, 4) is 11.5 Å². The molecule has 0 saturated carbocycles. The number of benzene rings is 1. The van der Waals surface area contributed by atoms with Gasteiger partial charge in [-0.1, -0.05) is 51.7 Å². The molecule has 0 saturated heterocycles. The van der Waals surface area contributed by atoms with Crippen molar-refractivity contribution in [3.63, 3.8) is 0 Å². The highest BCUT2D eigenvalue weighted by atomic mass is 19.4. The Bertz CT molecular complexity index is 1010. The van der Waals surface area contributed by atoms with E-state index in [4.69, 9.17) is 9.47 Å². The van der Waals surface area contributed by atoms with E-state index in [-0.39, 0.29) is 11.3 Å². The summed E-state index contributed by atoms with van der Waals surface area (Å²) in [5.74, 6) is 0.297. The third kappa shape index (κ3) is 10.9. The number of halogens is 3. The number of nitrogens with zero attached hydrogens (tertiary/aromatic N) is 1. The zero-order valence-electron chi connectivity index (χ0n) is 22.9. The van der Waals surface area contributed by atoms with Crippen LogP contribution in [0.15, 0.2) is 67.6 Å².